The summed E-state index contributed by atoms with van der Waals surface area (Å²) < 4.78 is 0. The summed E-state index contributed by atoms with van der Waals surface area (Å²) in [6.45, 7) is 4.94. The Kier molecular flexibility index (Phi) is 5.68. The largest absolute Gasteiger partial charge is 0.369 e. The fourth-order valence-electron chi connectivity index (χ4n) is 1.91. The van der Waals surface area contributed by atoms with E-state index in [2.05, 4.69) is 34.4 Å². The fraction of sp³-hybridized carbons (Fsp3) is 0.400. The first kappa shape index (κ1) is 15.4. The molecule has 0 saturated carbocycles. The molecule has 0 saturated heterocycles. The molecule has 6 heteroatoms. The van der Waals surface area contributed by atoms with Gasteiger partial charge in [-0.2, -0.15) is 0 Å². The van der Waals surface area contributed by atoms with Crippen molar-refractivity contribution in [3.8, 4) is 0 Å². The lowest BCUT2D eigenvalue weighted by atomic mass is 10.2. The molecule has 2 aromatic heterocycles. The predicted octanol–water partition coefficient (Wildman–Crippen LogP) is 3.24. The summed E-state index contributed by atoms with van der Waals surface area (Å²) in [6, 6.07) is 4.04. The van der Waals surface area contributed by atoms with E-state index in [-0.39, 0.29) is 11.9 Å². The monoisotopic (exact) mass is 304 g/mol. The number of thiophene rings is 1. The van der Waals surface area contributed by atoms with Crippen LogP contribution in [0, 0.1) is 0 Å². The molecule has 0 spiro atoms. The molecule has 1 unspecified atom stereocenters. The van der Waals surface area contributed by atoms with E-state index in [0.717, 1.165) is 24.3 Å². The van der Waals surface area contributed by atoms with E-state index in [4.69, 9.17) is 0 Å². The number of amides is 1. The van der Waals surface area contributed by atoms with E-state index in [1.54, 1.807) is 17.5 Å². The Labute approximate surface area is 128 Å². The van der Waals surface area contributed by atoms with Crippen molar-refractivity contribution in [3.05, 3.63) is 40.5 Å². The molecule has 1 amide bonds. The number of aromatic nitrogens is 2. The van der Waals surface area contributed by atoms with Crippen LogP contribution in [0.1, 0.15) is 48.1 Å². The van der Waals surface area contributed by atoms with Crippen LogP contribution in [0.25, 0.3) is 0 Å². The lowest BCUT2D eigenvalue weighted by molar-refractivity contribution is 0.0931. The van der Waals surface area contributed by atoms with E-state index in [0.29, 0.717) is 11.5 Å². The third kappa shape index (κ3) is 4.26. The quantitative estimate of drug-likeness (QED) is 0.824. The van der Waals surface area contributed by atoms with Crippen LogP contribution in [0.3, 0.4) is 0 Å². The van der Waals surface area contributed by atoms with Crippen molar-refractivity contribution in [2.75, 3.05) is 11.9 Å². The van der Waals surface area contributed by atoms with Gasteiger partial charge < -0.3 is 10.6 Å². The first-order chi connectivity index (χ1) is 10.2. The molecule has 2 aromatic rings. The number of carbonyl (C=O) groups is 1. The van der Waals surface area contributed by atoms with Crippen molar-refractivity contribution in [2.45, 2.75) is 32.7 Å². The molecule has 21 heavy (non-hydrogen) atoms. The van der Waals surface area contributed by atoms with Crippen LogP contribution < -0.4 is 10.6 Å². The Hall–Kier alpha value is -1.95. The fourth-order valence-corrected chi connectivity index (χ4v) is 2.77. The average molecular weight is 304 g/mol. The Bertz CT molecular complexity index is 571. The minimum Gasteiger partial charge on any atom is -0.369 e. The predicted molar refractivity (Wildman–Crippen MR) is 85.6 cm³/mol. The molecule has 5 nitrogen and oxygen atoms in total. The number of nitrogens with zero attached hydrogens (tertiary/aromatic N) is 2. The summed E-state index contributed by atoms with van der Waals surface area (Å²) in [5.74, 6) is 0.441. The summed E-state index contributed by atoms with van der Waals surface area (Å²) >= 11 is 1.64. The highest BCUT2D eigenvalue weighted by Crippen LogP contribution is 2.21. The lowest BCUT2D eigenvalue weighted by Gasteiger charge is -2.15. The van der Waals surface area contributed by atoms with Crippen molar-refractivity contribution in [1.82, 2.24) is 15.3 Å². The molecule has 0 radical (unpaired) electrons. The normalized spacial score (nSPS) is 11.9. The van der Waals surface area contributed by atoms with E-state index in [1.807, 2.05) is 17.5 Å². The molecule has 0 aliphatic heterocycles. The number of rotatable bonds is 7. The molecule has 0 fully saturated rings. The van der Waals surface area contributed by atoms with Gasteiger partial charge in [0.15, 0.2) is 0 Å². The number of hydrogen-bond acceptors (Lipinski definition) is 5. The topological polar surface area (TPSA) is 66.9 Å². The zero-order valence-electron chi connectivity index (χ0n) is 12.3. The average Bonchev–Trinajstić information content (AvgIpc) is 3.04. The third-order valence-electron chi connectivity index (χ3n) is 3.02. The number of hydrogen-bond donors (Lipinski definition) is 2. The first-order valence-electron chi connectivity index (χ1n) is 7.14. The minimum atomic E-state index is -0.192. The SMILES string of the molecule is CCCNc1cncc(C(=O)NC(CC)c2cccs2)n1. The van der Waals surface area contributed by atoms with Gasteiger partial charge in [0, 0.05) is 11.4 Å². The van der Waals surface area contributed by atoms with Gasteiger partial charge in [-0.05, 0) is 24.3 Å². The zero-order valence-corrected chi connectivity index (χ0v) is 13.1. The Morgan fingerprint density at radius 3 is 2.90 bits per heavy atom. The summed E-state index contributed by atoms with van der Waals surface area (Å²) in [5, 5.41) is 8.16. The molecular weight excluding hydrogens is 284 g/mol. The van der Waals surface area contributed by atoms with Gasteiger partial charge in [-0.1, -0.05) is 19.9 Å². The molecule has 0 bridgehead atoms. The summed E-state index contributed by atoms with van der Waals surface area (Å²) in [4.78, 5) is 21.8. The molecule has 0 aliphatic rings. The van der Waals surface area contributed by atoms with Crippen molar-refractivity contribution in [3.63, 3.8) is 0 Å². The Morgan fingerprint density at radius 2 is 2.24 bits per heavy atom. The third-order valence-corrected chi connectivity index (χ3v) is 4.01. The molecule has 2 N–H and O–H groups in total. The smallest absolute Gasteiger partial charge is 0.272 e. The lowest BCUT2D eigenvalue weighted by Crippen LogP contribution is -2.28. The van der Waals surface area contributed by atoms with Crippen molar-refractivity contribution in [2.24, 2.45) is 0 Å². The summed E-state index contributed by atoms with van der Waals surface area (Å²) in [5.41, 5.74) is 0.339. The van der Waals surface area contributed by atoms with Gasteiger partial charge in [0.2, 0.25) is 0 Å². The summed E-state index contributed by atoms with van der Waals surface area (Å²) in [6.07, 6.45) is 4.96. The van der Waals surface area contributed by atoms with Crippen LogP contribution in [-0.2, 0) is 0 Å². The number of nitrogens with one attached hydrogen (secondary N) is 2. The van der Waals surface area contributed by atoms with Crippen LogP contribution in [0.15, 0.2) is 29.9 Å². The van der Waals surface area contributed by atoms with E-state index >= 15 is 0 Å². The number of carbonyl (C=O) groups excluding carboxylic acids is 1. The Morgan fingerprint density at radius 1 is 1.38 bits per heavy atom. The van der Waals surface area contributed by atoms with E-state index in [9.17, 15) is 4.79 Å². The van der Waals surface area contributed by atoms with Crippen LogP contribution in [0.4, 0.5) is 5.82 Å². The maximum absolute atomic E-state index is 12.3. The van der Waals surface area contributed by atoms with Crippen molar-refractivity contribution in [1.29, 1.82) is 0 Å². The molecule has 0 aromatic carbocycles. The molecule has 112 valence electrons. The highest BCUT2D eigenvalue weighted by Gasteiger charge is 2.16. The van der Waals surface area contributed by atoms with Gasteiger partial charge in [0.25, 0.3) is 5.91 Å². The summed E-state index contributed by atoms with van der Waals surface area (Å²) in [7, 11) is 0. The van der Waals surface area contributed by atoms with Gasteiger partial charge in [-0.15, -0.1) is 11.3 Å². The minimum absolute atomic E-state index is 0.0200. The van der Waals surface area contributed by atoms with Crippen LogP contribution in [0.2, 0.25) is 0 Å². The maximum Gasteiger partial charge on any atom is 0.272 e. The van der Waals surface area contributed by atoms with E-state index < -0.39 is 0 Å². The number of anilines is 1. The van der Waals surface area contributed by atoms with Gasteiger partial charge in [-0.3, -0.25) is 9.78 Å². The Balaban J connectivity index is 2.05. The van der Waals surface area contributed by atoms with Gasteiger partial charge in [0.05, 0.1) is 18.4 Å². The van der Waals surface area contributed by atoms with Crippen molar-refractivity contribution >= 4 is 23.1 Å². The van der Waals surface area contributed by atoms with Crippen LogP contribution in [0.5, 0.6) is 0 Å². The highest BCUT2D eigenvalue weighted by atomic mass is 32.1. The van der Waals surface area contributed by atoms with Gasteiger partial charge >= 0.3 is 0 Å². The zero-order chi connectivity index (χ0) is 15.1. The maximum atomic E-state index is 12.3. The molecule has 2 rings (SSSR count). The first-order valence-corrected chi connectivity index (χ1v) is 8.02. The van der Waals surface area contributed by atoms with Crippen LogP contribution in [-0.4, -0.2) is 22.4 Å². The second kappa shape index (κ2) is 7.73. The van der Waals surface area contributed by atoms with Crippen molar-refractivity contribution < 1.29 is 4.79 Å². The van der Waals surface area contributed by atoms with E-state index in [1.165, 1.54) is 6.20 Å². The van der Waals surface area contributed by atoms with Gasteiger partial charge in [-0.25, -0.2) is 4.98 Å². The second-order valence-corrected chi connectivity index (χ2v) is 5.65. The highest BCUT2D eigenvalue weighted by molar-refractivity contribution is 7.10. The molecule has 2 heterocycles. The standard InChI is InChI=1S/C15H20N4OS/c1-3-7-17-14-10-16-9-12(18-14)15(20)19-11(4-2)13-6-5-8-21-13/h5-6,8-11H,3-4,7H2,1-2H3,(H,17,18)(H,19,20). The molecular formula is C15H20N4OS. The second-order valence-electron chi connectivity index (χ2n) is 4.67. The molecule has 1 atom stereocenters. The van der Waals surface area contributed by atoms with Crippen LogP contribution >= 0.6 is 11.3 Å². The molecule has 0 aliphatic carbocycles. The van der Waals surface area contributed by atoms with Gasteiger partial charge in [0.1, 0.15) is 11.5 Å².